The van der Waals surface area contributed by atoms with Gasteiger partial charge in [-0.15, -0.1) is 0 Å². The van der Waals surface area contributed by atoms with Crippen molar-refractivity contribution in [2.45, 2.75) is 90.3 Å². The number of ether oxygens (including phenoxy) is 3. The first-order chi connectivity index (χ1) is 14.4. The molecule has 1 aromatic carbocycles. The number of methoxy groups -OCH3 is 2. The standard InChI is InChI=1S/C25H44O5Si2/c1-23(2,3)31(10,11)28-17-25(7)15-14-18-21(29-25)19(26-8)16-20(27-9)22(18)30-32(12,13)24(4,5)6/h14-16H,17H2,1-13H3. The molecular weight excluding hydrogens is 436 g/mol. The van der Waals surface area contributed by atoms with Crippen molar-refractivity contribution in [3.63, 3.8) is 0 Å². The van der Waals surface area contributed by atoms with Gasteiger partial charge in [0, 0.05) is 6.07 Å². The Morgan fingerprint density at radius 1 is 0.875 bits per heavy atom. The molecule has 0 saturated carbocycles. The Kier molecular flexibility index (Phi) is 7.31. The fraction of sp³-hybridized carbons (Fsp3) is 0.680. The summed E-state index contributed by atoms with van der Waals surface area (Å²) < 4.78 is 31.2. The minimum atomic E-state index is -2.11. The van der Waals surface area contributed by atoms with Crippen molar-refractivity contribution in [1.82, 2.24) is 0 Å². The lowest BCUT2D eigenvalue weighted by molar-refractivity contribution is 0.0659. The molecule has 0 bridgehead atoms. The van der Waals surface area contributed by atoms with Gasteiger partial charge in [-0.05, 0) is 55.3 Å². The summed E-state index contributed by atoms with van der Waals surface area (Å²) in [6, 6.07) is 1.86. The van der Waals surface area contributed by atoms with E-state index in [-0.39, 0.29) is 10.1 Å². The minimum Gasteiger partial charge on any atom is -0.541 e. The molecule has 0 N–H and O–H groups in total. The van der Waals surface area contributed by atoms with Crippen molar-refractivity contribution in [2.24, 2.45) is 0 Å². The van der Waals surface area contributed by atoms with Gasteiger partial charge in [0.05, 0.1) is 26.4 Å². The van der Waals surface area contributed by atoms with E-state index in [1.54, 1.807) is 14.2 Å². The molecule has 0 aromatic heterocycles. The number of hydrogen-bond donors (Lipinski definition) is 0. The van der Waals surface area contributed by atoms with Crippen molar-refractivity contribution in [3.05, 3.63) is 17.7 Å². The van der Waals surface area contributed by atoms with E-state index in [1.807, 2.05) is 6.07 Å². The molecule has 1 unspecified atom stereocenters. The summed E-state index contributed by atoms with van der Waals surface area (Å²) in [6.45, 7) is 24.9. The largest absolute Gasteiger partial charge is 0.541 e. The molecule has 182 valence electrons. The van der Waals surface area contributed by atoms with E-state index in [2.05, 4.69) is 86.8 Å². The topological polar surface area (TPSA) is 46.2 Å². The van der Waals surface area contributed by atoms with Gasteiger partial charge in [-0.2, -0.15) is 0 Å². The number of rotatable bonds is 7. The molecule has 0 spiro atoms. The van der Waals surface area contributed by atoms with E-state index in [1.165, 1.54) is 0 Å². The lowest BCUT2D eigenvalue weighted by atomic mass is 10.00. The molecule has 0 amide bonds. The summed E-state index contributed by atoms with van der Waals surface area (Å²) in [6.07, 6.45) is 4.14. The van der Waals surface area contributed by atoms with E-state index in [0.29, 0.717) is 23.9 Å². The highest BCUT2D eigenvalue weighted by Gasteiger charge is 2.43. The summed E-state index contributed by atoms with van der Waals surface area (Å²) >= 11 is 0. The van der Waals surface area contributed by atoms with Gasteiger partial charge >= 0.3 is 0 Å². The zero-order valence-electron chi connectivity index (χ0n) is 22.5. The summed E-state index contributed by atoms with van der Waals surface area (Å²) in [5.41, 5.74) is 0.259. The molecule has 32 heavy (non-hydrogen) atoms. The van der Waals surface area contributed by atoms with Crippen molar-refractivity contribution in [1.29, 1.82) is 0 Å². The second kappa shape index (κ2) is 8.72. The van der Waals surface area contributed by atoms with Crippen LogP contribution in [-0.2, 0) is 4.43 Å². The predicted molar refractivity (Wildman–Crippen MR) is 139 cm³/mol. The molecule has 0 saturated heterocycles. The van der Waals surface area contributed by atoms with Crippen molar-refractivity contribution in [3.8, 4) is 23.0 Å². The molecule has 1 heterocycles. The van der Waals surface area contributed by atoms with Gasteiger partial charge in [-0.1, -0.05) is 41.5 Å². The van der Waals surface area contributed by atoms with E-state index in [0.717, 1.165) is 11.3 Å². The SMILES string of the molecule is COc1cc(OC)c(O[Si](C)(C)C(C)(C)C)c2c1OC(C)(CO[Si](C)(C)C(C)(C)C)C=C2. The first kappa shape index (κ1) is 26.8. The Morgan fingerprint density at radius 2 is 1.41 bits per heavy atom. The van der Waals surface area contributed by atoms with Crippen LogP contribution < -0.4 is 18.6 Å². The highest BCUT2D eigenvalue weighted by atomic mass is 28.4. The smallest absolute Gasteiger partial charge is 0.250 e. The maximum absolute atomic E-state index is 6.72. The van der Waals surface area contributed by atoms with E-state index in [4.69, 9.17) is 23.1 Å². The predicted octanol–water partition coefficient (Wildman–Crippen LogP) is 7.27. The van der Waals surface area contributed by atoms with E-state index >= 15 is 0 Å². The van der Waals surface area contributed by atoms with Crippen LogP contribution in [0.5, 0.6) is 23.0 Å². The van der Waals surface area contributed by atoms with Crippen LogP contribution in [0.3, 0.4) is 0 Å². The highest BCUT2D eigenvalue weighted by Crippen LogP contribution is 2.51. The van der Waals surface area contributed by atoms with Gasteiger partial charge in [0.15, 0.2) is 31.3 Å². The maximum atomic E-state index is 6.72. The molecule has 5 nitrogen and oxygen atoms in total. The summed E-state index contributed by atoms with van der Waals surface area (Å²) in [4.78, 5) is 0. The molecule has 1 aliphatic rings. The van der Waals surface area contributed by atoms with Gasteiger partial charge in [0.25, 0.3) is 8.32 Å². The molecule has 0 fully saturated rings. The first-order valence-electron chi connectivity index (χ1n) is 11.4. The van der Waals surface area contributed by atoms with Crippen LogP contribution in [0.1, 0.15) is 54.0 Å². The molecule has 0 aliphatic carbocycles. The Balaban J connectivity index is 2.49. The second-order valence-corrected chi connectivity index (χ2v) is 21.5. The van der Waals surface area contributed by atoms with Crippen molar-refractivity contribution >= 4 is 22.7 Å². The maximum Gasteiger partial charge on any atom is 0.250 e. The lowest BCUT2D eigenvalue weighted by Crippen LogP contribution is -2.47. The minimum absolute atomic E-state index is 0.0512. The quantitative estimate of drug-likeness (QED) is 0.384. The molecule has 2 rings (SSSR count). The van der Waals surface area contributed by atoms with Crippen molar-refractivity contribution < 1.29 is 23.1 Å². The molecular formula is C25H44O5Si2. The average Bonchev–Trinajstić information content (AvgIpc) is 2.64. The van der Waals surface area contributed by atoms with Crippen LogP contribution in [0.25, 0.3) is 6.08 Å². The number of benzene rings is 1. The third-order valence-electron chi connectivity index (χ3n) is 7.27. The van der Waals surface area contributed by atoms with Crippen LogP contribution >= 0.6 is 0 Å². The summed E-state index contributed by atoms with van der Waals surface area (Å²) in [5, 5.41) is 0.185. The fourth-order valence-corrected chi connectivity index (χ4v) is 4.94. The molecule has 7 heteroatoms. The normalized spacial score (nSPS) is 19.3. The van der Waals surface area contributed by atoms with Gasteiger partial charge in [0.2, 0.25) is 0 Å². The van der Waals surface area contributed by atoms with Crippen LogP contribution in [0, 0.1) is 0 Å². The van der Waals surface area contributed by atoms with Gasteiger partial charge in [-0.25, -0.2) is 0 Å². The van der Waals surface area contributed by atoms with Crippen LogP contribution in [0.2, 0.25) is 36.3 Å². The van der Waals surface area contributed by atoms with Gasteiger partial charge in [0.1, 0.15) is 5.60 Å². The third-order valence-corrected chi connectivity index (χ3v) is 16.1. The molecule has 1 atom stereocenters. The Hall–Kier alpha value is -1.45. The highest BCUT2D eigenvalue weighted by molar-refractivity contribution is 6.75. The fourth-order valence-electron chi connectivity index (χ4n) is 2.84. The molecule has 1 aromatic rings. The second-order valence-electron chi connectivity index (χ2n) is 12.0. The van der Waals surface area contributed by atoms with Crippen LogP contribution in [-0.4, -0.2) is 43.1 Å². The summed E-state index contributed by atoms with van der Waals surface area (Å²) in [5.74, 6) is 2.67. The van der Waals surface area contributed by atoms with Crippen LogP contribution in [0.4, 0.5) is 0 Å². The Bertz CT molecular complexity index is 863. The van der Waals surface area contributed by atoms with E-state index < -0.39 is 22.2 Å². The zero-order valence-corrected chi connectivity index (χ0v) is 24.5. The third kappa shape index (κ3) is 5.37. The molecule has 1 aliphatic heterocycles. The van der Waals surface area contributed by atoms with Gasteiger partial charge in [-0.3, -0.25) is 0 Å². The van der Waals surface area contributed by atoms with E-state index in [9.17, 15) is 0 Å². The monoisotopic (exact) mass is 480 g/mol. The Morgan fingerprint density at radius 3 is 1.88 bits per heavy atom. The average molecular weight is 481 g/mol. The van der Waals surface area contributed by atoms with Gasteiger partial charge < -0.3 is 23.1 Å². The lowest BCUT2D eigenvalue weighted by Gasteiger charge is -2.41. The zero-order chi connectivity index (χ0) is 24.8. The number of hydrogen-bond acceptors (Lipinski definition) is 5. The van der Waals surface area contributed by atoms with Crippen molar-refractivity contribution in [2.75, 3.05) is 20.8 Å². The Labute approximate surface area is 197 Å². The summed E-state index contributed by atoms with van der Waals surface area (Å²) in [7, 11) is -0.714. The molecule has 0 radical (unpaired) electrons. The number of fused-ring (bicyclic) bond motifs is 1. The first-order valence-corrected chi connectivity index (χ1v) is 17.2. The van der Waals surface area contributed by atoms with Crippen LogP contribution in [0.15, 0.2) is 12.1 Å².